The summed E-state index contributed by atoms with van der Waals surface area (Å²) in [6, 6.07) is 5.57. The molecule has 0 aliphatic carbocycles. The number of benzene rings is 1. The molecule has 0 aromatic heterocycles. The van der Waals surface area contributed by atoms with Crippen LogP contribution in [0.15, 0.2) is 24.3 Å². The fourth-order valence-electron chi connectivity index (χ4n) is 3.00. The standard InChI is InChI=1S/C17H26FN3O3S/c1-17(2)10-7-11-20(13-17)16(22)12-21(25(23,24)19(3)4)15-9-6-5-8-14(15)18/h5-6,8-9H,7,10-13H2,1-4H3. The molecule has 6 nitrogen and oxygen atoms in total. The second-order valence-electron chi connectivity index (χ2n) is 7.33. The van der Waals surface area contributed by atoms with Crippen molar-refractivity contribution in [2.45, 2.75) is 26.7 Å². The van der Waals surface area contributed by atoms with Gasteiger partial charge in [-0.15, -0.1) is 0 Å². The van der Waals surface area contributed by atoms with E-state index in [0.717, 1.165) is 21.5 Å². The van der Waals surface area contributed by atoms with Gasteiger partial charge in [0.05, 0.1) is 5.69 Å². The lowest BCUT2D eigenvalue weighted by Crippen LogP contribution is -2.50. The Hall–Kier alpha value is -1.67. The maximum absolute atomic E-state index is 14.2. The van der Waals surface area contributed by atoms with E-state index in [9.17, 15) is 17.6 Å². The molecule has 1 aliphatic heterocycles. The van der Waals surface area contributed by atoms with Crippen molar-refractivity contribution in [3.05, 3.63) is 30.1 Å². The van der Waals surface area contributed by atoms with Crippen LogP contribution >= 0.6 is 0 Å². The smallest absolute Gasteiger partial charge is 0.304 e. The zero-order valence-electron chi connectivity index (χ0n) is 15.2. The molecule has 0 N–H and O–H groups in total. The number of nitrogens with zero attached hydrogens (tertiary/aromatic N) is 3. The van der Waals surface area contributed by atoms with E-state index in [4.69, 9.17) is 0 Å². The molecule has 1 aromatic rings. The molecule has 1 saturated heterocycles. The Morgan fingerprint density at radius 2 is 1.92 bits per heavy atom. The highest BCUT2D eigenvalue weighted by molar-refractivity contribution is 7.90. The Balaban J connectivity index is 2.31. The quantitative estimate of drug-likeness (QED) is 0.796. The van der Waals surface area contributed by atoms with E-state index in [-0.39, 0.29) is 17.0 Å². The Labute approximate surface area is 149 Å². The van der Waals surface area contributed by atoms with Crippen molar-refractivity contribution in [2.75, 3.05) is 38.0 Å². The Morgan fingerprint density at radius 3 is 2.48 bits per heavy atom. The third kappa shape index (κ3) is 4.49. The second kappa shape index (κ2) is 7.29. The lowest BCUT2D eigenvalue weighted by molar-refractivity contribution is -0.132. The number of hydrogen-bond donors (Lipinski definition) is 0. The molecular formula is C17H26FN3O3S. The monoisotopic (exact) mass is 371 g/mol. The van der Waals surface area contributed by atoms with E-state index in [2.05, 4.69) is 13.8 Å². The van der Waals surface area contributed by atoms with Gasteiger partial charge in [-0.25, -0.2) is 8.70 Å². The summed E-state index contributed by atoms with van der Waals surface area (Å²) in [5.41, 5.74) is -0.127. The molecule has 140 valence electrons. The summed E-state index contributed by atoms with van der Waals surface area (Å²) in [7, 11) is -1.28. The number of carbonyl (C=O) groups excluding carboxylic acids is 1. The lowest BCUT2D eigenvalue weighted by atomic mass is 9.84. The Kier molecular flexibility index (Phi) is 5.73. The van der Waals surface area contributed by atoms with E-state index >= 15 is 0 Å². The molecule has 1 amide bonds. The normalized spacial score (nSPS) is 17.6. The SMILES string of the molecule is CN(C)S(=O)(=O)N(CC(=O)N1CCCC(C)(C)C1)c1ccccc1F. The molecule has 0 radical (unpaired) electrons. The van der Waals surface area contributed by atoms with Crippen molar-refractivity contribution in [2.24, 2.45) is 5.41 Å². The number of para-hydroxylation sites is 1. The highest BCUT2D eigenvalue weighted by atomic mass is 32.2. The zero-order valence-corrected chi connectivity index (χ0v) is 16.0. The molecule has 1 aromatic carbocycles. The second-order valence-corrected chi connectivity index (χ2v) is 9.40. The number of carbonyl (C=O) groups is 1. The fourth-order valence-corrected chi connectivity index (χ4v) is 4.07. The van der Waals surface area contributed by atoms with Crippen LogP contribution in [0.5, 0.6) is 0 Å². The highest BCUT2D eigenvalue weighted by Crippen LogP contribution is 2.29. The number of halogens is 1. The van der Waals surface area contributed by atoms with Crippen LogP contribution in [0.25, 0.3) is 0 Å². The van der Waals surface area contributed by atoms with Crippen LogP contribution < -0.4 is 4.31 Å². The van der Waals surface area contributed by atoms with E-state index in [1.807, 2.05) is 0 Å². The van der Waals surface area contributed by atoms with Crippen LogP contribution in [-0.4, -0.2) is 57.3 Å². The largest absolute Gasteiger partial charge is 0.341 e. The molecule has 1 heterocycles. The average molecular weight is 371 g/mol. The molecule has 0 unspecified atom stereocenters. The number of hydrogen-bond acceptors (Lipinski definition) is 3. The van der Waals surface area contributed by atoms with Crippen molar-refractivity contribution >= 4 is 21.8 Å². The molecule has 25 heavy (non-hydrogen) atoms. The Morgan fingerprint density at radius 1 is 1.28 bits per heavy atom. The van der Waals surface area contributed by atoms with Gasteiger partial charge >= 0.3 is 10.2 Å². The van der Waals surface area contributed by atoms with Crippen LogP contribution in [0.1, 0.15) is 26.7 Å². The van der Waals surface area contributed by atoms with Gasteiger partial charge in [0.25, 0.3) is 0 Å². The van der Waals surface area contributed by atoms with Gasteiger partial charge < -0.3 is 4.90 Å². The minimum atomic E-state index is -4.00. The predicted octanol–water partition coefficient (Wildman–Crippen LogP) is 2.09. The van der Waals surface area contributed by atoms with Gasteiger partial charge in [-0.3, -0.25) is 4.79 Å². The number of likely N-dealkylation sites (tertiary alicyclic amines) is 1. The molecule has 8 heteroatoms. The number of anilines is 1. The summed E-state index contributed by atoms with van der Waals surface area (Å²) in [4.78, 5) is 14.4. The number of piperidine rings is 1. The average Bonchev–Trinajstić information content (AvgIpc) is 2.52. The van der Waals surface area contributed by atoms with Gasteiger partial charge in [-0.1, -0.05) is 26.0 Å². The first-order chi connectivity index (χ1) is 11.5. The van der Waals surface area contributed by atoms with Gasteiger partial charge in [0, 0.05) is 27.2 Å². The van der Waals surface area contributed by atoms with Crippen LogP contribution in [0.3, 0.4) is 0 Å². The van der Waals surface area contributed by atoms with Crippen LogP contribution in [0, 0.1) is 11.2 Å². The lowest BCUT2D eigenvalue weighted by Gasteiger charge is -2.39. The van der Waals surface area contributed by atoms with Gasteiger partial charge in [-0.2, -0.15) is 12.7 Å². The molecule has 0 saturated carbocycles. The summed E-state index contributed by atoms with van der Waals surface area (Å²) in [5.74, 6) is -0.999. The minimum Gasteiger partial charge on any atom is -0.341 e. The van der Waals surface area contributed by atoms with E-state index in [0.29, 0.717) is 13.1 Å². The van der Waals surface area contributed by atoms with Crippen LogP contribution in [0.2, 0.25) is 0 Å². The molecule has 0 bridgehead atoms. The maximum Gasteiger partial charge on any atom is 0.304 e. The van der Waals surface area contributed by atoms with Crippen molar-refractivity contribution < 1.29 is 17.6 Å². The van der Waals surface area contributed by atoms with E-state index in [1.54, 1.807) is 11.0 Å². The number of amides is 1. The first-order valence-corrected chi connectivity index (χ1v) is 9.67. The summed E-state index contributed by atoms with van der Waals surface area (Å²) >= 11 is 0. The summed E-state index contributed by atoms with van der Waals surface area (Å²) in [5, 5.41) is 0. The highest BCUT2D eigenvalue weighted by Gasteiger charge is 2.34. The van der Waals surface area contributed by atoms with Gasteiger partial charge in [-0.05, 0) is 30.4 Å². The Bertz CT molecular complexity index is 734. The first-order valence-electron chi connectivity index (χ1n) is 8.27. The van der Waals surface area contributed by atoms with Gasteiger partial charge in [0.15, 0.2) is 0 Å². The minimum absolute atomic E-state index is 0.00282. The summed E-state index contributed by atoms with van der Waals surface area (Å²) in [6.07, 6.45) is 1.89. The van der Waals surface area contributed by atoms with E-state index < -0.39 is 22.6 Å². The molecule has 0 spiro atoms. The van der Waals surface area contributed by atoms with Crippen molar-refractivity contribution in [3.8, 4) is 0 Å². The predicted molar refractivity (Wildman–Crippen MR) is 95.9 cm³/mol. The molecule has 0 atom stereocenters. The third-order valence-electron chi connectivity index (χ3n) is 4.39. The van der Waals surface area contributed by atoms with Crippen molar-refractivity contribution in [3.63, 3.8) is 0 Å². The van der Waals surface area contributed by atoms with Crippen LogP contribution in [-0.2, 0) is 15.0 Å². The van der Waals surface area contributed by atoms with Crippen molar-refractivity contribution in [1.29, 1.82) is 0 Å². The molecular weight excluding hydrogens is 345 g/mol. The first kappa shape index (κ1) is 19.7. The van der Waals surface area contributed by atoms with Gasteiger partial charge in [0.1, 0.15) is 12.4 Å². The fraction of sp³-hybridized carbons (Fsp3) is 0.588. The third-order valence-corrected chi connectivity index (χ3v) is 6.20. The van der Waals surface area contributed by atoms with E-state index in [1.165, 1.54) is 32.3 Å². The molecule has 2 rings (SSSR count). The van der Waals surface area contributed by atoms with Crippen LogP contribution in [0.4, 0.5) is 10.1 Å². The topological polar surface area (TPSA) is 60.9 Å². The van der Waals surface area contributed by atoms with Gasteiger partial charge in [0.2, 0.25) is 5.91 Å². The zero-order chi connectivity index (χ0) is 18.8. The summed E-state index contributed by atoms with van der Waals surface area (Å²) in [6.45, 7) is 4.90. The molecule has 1 aliphatic rings. The maximum atomic E-state index is 14.2. The molecule has 1 fully saturated rings. The number of rotatable bonds is 5. The van der Waals surface area contributed by atoms with Crippen molar-refractivity contribution in [1.82, 2.24) is 9.21 Å². The summed E-state index contributed by atoms with van der Waals surface area (Å²) < 4.78 is 41.3.